The lowest BCUT2D eigenvalue weighted by Gasteiger charge is -2.48. The first-order valence-electron chi connectivity index (χ1n) is 9.06. The van der Waals surface area contributed by atoms with E-state index in [1.54, 1.807) is 0 Å². The molecule has 2 aliphatic rings. The molecule has 0 aromatic rings. The highest BCUT2D eigenvalue weighted by molar-refractivity contribution is 4.94. The highest BCUT2D eigenvalue weighted by Gasteiger charge is 2.38. The zero-order valence-corrected chi connectivity index (χ0v) is 14.9. The van der Waals surface area contributed by atoms with Crippen molar-refractivity contribution in [2.75, 3.05) is 26.2 Å². The van der Waals surface area contributed by atoms with Crippen LogP contribution in [0.25, 0.3) is 0 Å². The quantitative estimate of drug-likeness (QED) is 0.869. The van der Waals surface area contributed by atoms with Crippen LogP contribution in [0, 0.1) is 11.3 Å². The largest absolute Gasteiger partial charge is 0.326 e. The zero-order valence-electron chi connectivity index (χ0n) is 14.9. The first kappa shape index (κ1) is 17.2. The summed E-state index contributed by atoms with van der Waals surface area (Å²) < 4.78 is 0. The lowest BCUT2D eigenvalue weighted by Crippen LogP contribution is -2.59. The minimum absolute atomic E-state index is 0.388. The number of rotatable bonds is 3. The van der Waals surface area contributed by atoms with Crippen molar-refractivity contribution in [1.29, 1.82) is 0 Å². The summed E-state index contributed by atoms with van der Waals surface area (Å²) in [5.74, 6) is 0.829. The second-order valence-electron chi connectivity index (χ2n) is 8.44. The lowest BCUT2D eigenvalue weighted by atomic mass is 9.69. The first-order valence-corrected chi connectivity index (χ1v) is 9.06. The van der Waals surface area contributed by atoms with E-state index < -0.39 is 0 Å². The van der Waals surface area contributed by atoms with Gasteiger partial charge in [0.25, 0.3) is 0 Å². The molecular weight excluding hydrogens is 258 g/mol. The van der Waals surface area contributed by atoms with Crippen LogP contribution in [0.1, 0.15) is 60.3 Å². The van der Waals surface area contributed by atoms with Gasteiger partial charge in [0.2, 0.25) is 0 Å². The Labute approximate surface area is 132 Å². The van der Waals surface area contributed by atoms with E-state index in [0.717, 1.165) is 12.0 Å². The van der Waals surface area contributed by atoms with Crippen LogP contribution in [0.5, 0.6) is 0 Å². The molecule has 21 heavy (non-hydrogen) atoms. The van der Waals surface area contributed by atoms with Gasteiger partial charge in [0.15, 0.2) is 0 Å². The fraction of sp³-hybridized carbons (Fsp3) is 1.00. The van der Waals surface area contributed by atoms with Gasteiger partial charge < -0.3 is 5.73 Å². The van der Waals surface area contributed by atoms with Crippen LogP contribution >= 0.6 is 0 Å². The third-order valence-corrected chi connectivity index (χ3v) is 6.13. The Morgan fingerprint density at radius 3 is 2.24 bits per heavy atom. The number of nitrogens with zero attached hydrogens (tertiary/aromatic N) is 2. The van der Waals surface area contributed by atoms with Gasteiger partial charge in [0.1, 0.15) is 0 Å². The van der Waals surface area contributed by atoms with Crippen LogP contribution in [0.3, 0.4) is 0 Å². The third kappa shape index (κ3) is 4.20. The van der Waals surface area contributed by atoms with E-state index in [4.69, 9.17) is 5.73 Å². The normalized spacial score (nSPS) is 34.9. The Hall–Kier alpha value is -0.120. The van der Waals surface area contributed by atoms with Gasteiger partial charge in [-0.3, -0.25) is 9.80 Å². The second-order valence-corrected chi connectivity index (χ2v) is 8.44. The van der Waals surface area contributed by atoms with Crippen molar-refractivity contribution >= 4 is 0 Å². The second kappa shape index (κ2) is 6.97. The average Bonchev–Trinajstić information content (AvgIpc) is 2.46. The van der Waals surface area contributed by atoms with Gasteiger partial charge in [0.05, 0.1) is 0 Å². The van der Waals surface area contributed by atoms with Gasteiger partial charge in [-0.2, -0.15) is 0 Å². The standard InChI is InChI=1S/C18H37N3/c1-6-14(2)20-9-11-21(12-10-20)17-13-15(18(3,4)5)7-8-16(17)19/h14-17H,6-13,19H2,1-5H3. The summed E-state index contributed by atoms with van der Waals surface area (Å²) >= 11 is 0. The maximum Gasteiger partial charge on any atom is 0.0251 e. The van der Waals surface area contributed by atoms with E-state index in [2.05, 4.69) is 44.4 Å². The monoisotopic (exact) mass is 295 g/mol. The molecule has 1 heterocycles. The maximum absolute atomic E-state index is 6.48. The fourth-order valence-corrected chi connectivity index (χ4v) is 4.14. The predicted molar refractivity (Wildman–Crippen MR) is 91.5 cm³/mol. The van der Waals surface area contributed by atoms with Crippen molar-refractivity contribution in [2.45, 2.75) is 78.4 Å². The van der Waals surface area contributed by atoms with E-state index in [1.807, 2.05) is 0 Å². The molecule has 3 nitrogen and oxygen atoms in total. The van der Waals surface area contributed by atoms with Crippen LogP contribution in [-0.4, -0.2) is 54.1 Å². The van der Waals surface area contributed by atoms with E-state index in [0.29, 0.717) is 17.5 Å². The highest BCUT2D eigenvalue weighted by Crippen LogP contribution is 2.39. The summed E-state index contributed by atoms with van der Waals surface area (Å²) in [4.78, 5) is 5.34. The Morgan fingerprint density at radius 1 is 1.10 bits per heavy atom. The van der Waals surface area contributed by atoms with Gasteiger partial charge >= 0.3 is 0 Å². The summed E-state index contributed by atoms with van der Waals surface area (Å²) in [5, 5.41) is 0. The third-order valence-electron chi connectivity index (χ3n) is 6.13. The van der Waals surface area contributed by atoms with Crippen LogP contribution in [-0.2, 0) is 0 Å². The molecule has 124 valence electrons. The number of nitrogens with two attached hydrogens (primary N) is 1. The van der Waals surface area contributed by atoms with Gasteiger partial charge in [-0.15, -0.1) is 0 Å². The summed E-state index contributed by atoms with van der Waals surface area (Å²) in [6.07, 6.45) is 5.08. The van der Waals surface area contributed by atoms with Crippen molar-refractivity contribution in [3.63, 3.8) is 0 Å². The smallest absolute Gasteiger partial charge is 0.0251 e. The van der Waals surface area contributed by atoms with Crippen molar-refractivity contribution in [3.05, 3.63) is 0 Å². The molecule has 0 bridgehead atoms. The Morgan fingerprint density at radius 2 is 1.71 bits per heavy atom. The van der Waals surface area contributed by atoms with Crippen molar-refractivity contribution in [3.8, 4) is 0 Å². The van der Waals surface area contributed by atoms with E-state index >= 15 is 0 Å². The van der Waals surface area contributed by atoms with E-state index in [9.17, 15) is 0 Å². The Balaban J connectivity index is 1.92. The molecule has 2 fully saturated rings. The molecule has 2 N–H and O–H groups in total. The molecule has 1 aliphatic carbocycles. The number of hydrogen-bond acceptors (Lipinski definition) is 3. The summed E-state index contributed by atoms with van der Waals surface area (Å²) in [7, 11) is 0. The van der Waals surface area contributed by atoms with Crippen LogP contribution in [0.2, 0.25) is 0 Å². The molecule has 1 saturated carbocycles. The van der Waals surface area contributed by atoms with Crippen molar-refractivity contribution < 1.29 is 0 Å². The van der Waals surface area contributed by atoms with Gasteiger partial charge in [-0.1, -0.05) is 27.7 Å². The van der Waals surface area contributed by atoms with Gasteiger partial charge in [0, 0.05) is 44.3 Å². The molecule has 2 rings (SSSR count). The molecular formula is C18H37N3. The minimum atomic E-state index is 0.388. The van der Waals surface area contributed by atoms with Crippen LogP contribution < -0.4 is 5.73 Å². The molecule has 1 aliphatic heterocycles. The number of piperazine rings is 1. The maximum atomic E-state index is 6.48. The fourth-order valence-electron chi connectivity index (χ4n) is 4.14. The van der Waals surface area contributed by atoms with Crippen molar-refractivity contribution in [1.82, 2.24) is 9.80 Å². The predicted octanol–water partition coefficient (Wildman–Crippen LogP) is 2.94. The zero-order chi connectivity index (χ0) is 15.6. The van der Waals surface area contributed by atoms with Crippen LogP contribution in [0.4, 0.5) is 0 Å². The average molecular weight is 296 g/mol. The molecule has 0 spiro atoms. The molecule has 0 aromatic carbocycles. The Kier molecular flexibility index (Phi) is 5.72. The SMILES string of the molecule is CCC(C)N1CCN(C2CC(C(C)(C)C)CCC2N)CC1. The molecule has 0 aromatic heterocycles. The van der Waals surface area contributed by atoms with Crippen molar-refractivity contribution in [2.24, 2.45) is 17.1 Å². The highest BCUT2D eigenvalue weighted by atomic mass is 15.3. The lowest BCUT2D eigenvalue weighted by molar-refractivity contribution is 0.0248. The molecule has 4 unspecified atom stereocenters. The van der Waals surface area contributed by atoms with Crippen LogP contribution in [0.15, 0.2) is 0 Å². The summed E-state index contributed by atoms with van der Waals surface area (Å²) in [6.45, 7) is 16.7. The topological polar surface area (TPSA) is 32.5 Å². The summed E-state index contributed by atoms with van der Waals surface area (Å²) in [6, 6.07) is 1.73. The van der Waals surface area contributed by atoms with Gasteiger partial charge in [-0.25, -0.2) is 0 Å². The van der Waals surface area contributed by atoms with E-state index in [1.165, 1.54) is 51.9 Å². The first-order chi connectivity index (χ1) is 9.82. The van der Waals surface area contributed by atoms with Gasteiger partial charge in [-0.05, 0) is 43.9 Å². The molecule has 1 saturated heterocycles. The summed E-state index contributed by atoms with van der Waals surface area (Å²) in [5.41, 5.74) is 6.91. The minimum Gasteiger partial charge on any atom is -0.326 e. The van der Waals surface area contributed by atoms with E-state index in [-0.39, 0.29) is 0 Å². The molecule has 0 radical (unpaired) electrons. The Bertz CT molecular complexity index is 315. The molecule has 4 atom stereocenters. The number of hydrogen-bond donors (Lipinski definition) is 1. The molecule has 0 amide bonds. The molecule has 3 heteroatoms.